The van der Waals surface area contributed by atoms with Gasteiger partial charge in [-0.15, -0.1) is 0 Å². The zero-order chi connectivity index (χ0) is 28.5. The smallest absolute Gasteiger partial charge is 0.412 e. The number of hydrogen-bond acceptors (Lipinski definition) is 6. The summed E-state index contributed by atoms with van der Waals surface area (Å²) in [5.41, 5.74) is 2.41. The normalized spacial score (nSPS) is 15.3. The van der Waals surface area contributed by atoms with Crippen LogP contribution >= 0.6 is 0 Å². The Labute approximate surface area is 242 Å². The molecule has 1 aliphatic rings. The van der Waals surface area contributed by atoms with Gasteiger partial charge in [0.25, 0.3) is 0 Å². The van der Waals surface area contributed by atoms with Crippen molar-refractivity contribution in [3.05, 3.63) is 54.6 Å². The highest BCUT2D eigenvalue weighted by Gasteiger charge is 2.33. The number of nitrogens with zero attached hydrogens (tertiary/aromatic N) is 2. The van der Waals surface area contributed by atoms with Gasteiger partial charge in [0.2, 0.25) is 0 Å². The Hall–Kier alpha value is -2.45. The van der Waals surface area contributed by atoms with Gasteiger partial charge in [-0.1, -0.05) is 74.2 Å². The topological polar surface area (TPSA) is 63.3 Å². The number of unbranched alkanes of at least 4 members (excludes halogenated alkanes) is 5. The number of likely N-dealkylation sites (tertiary alicyclic amines) is 1. The van der Waals surface area contributed by atoms with Gasteiger partial charge in [-0.25, -0.2) is 4.79 Å². The summed E-state index contributed by atoms with van der Waals surface area (Å²) in [6.07, 6.45) is 9.00. The van der Waals surface area contributed by atoms with Crippen LogP contribution in [0.25, 0.3) is 11.1 Å². The molecule has 0 unspecified atom stereocenters. The lowest BCUT2D eigenvalue weighted by Crippen LogP contribution is -2.46. The molecule has 7 nitrogen and oxygen atoms in total. The Morgan fingerprint density at radius 3 is 2.10 bits per heavy atom. The highest BCUT2D eigenvalue weighted by molar-refractivity contribution is 5.91. The molecule has 0 spiro atoms. The molecule has 1 fully saturated rings. The predicted molar refractivity (Wildman–Crippen MR) is 164 cm³/mol. The van der Waals surface area contributed by atoms with Crippen LogP contribution in [0.3, 0.4) is 0 Å². The SMILES string of the molecule is COCCN(CCCCCCCCN1CCC(C)(OC(=O)Nc2ccccc2-c2ccccc2)CC1)CCOC. The van der Waals surface area contributed by atoms with Crippen LogP contribution in [0.5, 0.6) is 0 Å². The van der Waals surface area contributed by atoms with Crippen LogP contribution in [-0.4, -0.2) is 88.2 Å². The first-order valence-electron chi connectivity index (χ1n) is 15.1. The number of benzene rings is 2. The molecule has 0 saturated carbocycles. The van der Waals surface area contributed by atoms with E-state index in [2.05, 4.69) is 22.0 Å². The van der Waals surface area contributed by atoms with Gasteiger partial charge in [-0.05, 0) is 57.3 Å². The van der Waals surface area contributed by atoms with E-state index in [1.54, 1.807) is 14.2 Å². The van der Waals surface area contributed by atoms with Crippen LogP contribution in [0.1, 0.15) is 58.3 Å². The van der Waals surface area contributed by atoms with Crippen molar-refractivity contribution in [2.45, 2.75) is 63.9 Å². The molecule has 0 atom stereocenters. The number of carbonyl (C=O) groups excluding carboxylic acids is 1. The van der Waals surface area contributed by atoms with Crippen molar-refractivity contribution in [2.24, 2.45) is 0 Å². The summed E-state index contributed by atoms with van der Waals surface area (Å²) in [6.45, 7) is 9.79. The molecule has 0 bridgehead atoms. The maximum absolute atomic E-state index is 12.8. The molecule has 0 aliphatic carbocycles. The summed E-state index contributed by atoms with van der Waals surface area (Å²) in [5, 5.41) is 2.99. The molecule has 0 radical (unpaired) electrons. The van der Waals surface area contributed by atoms with E-state index in [9.17, 15) is 4.79 Å². The summed E-state index contributed by atoms with van der Waals surface area (Å²) in [6, 6.07) is 18.0. The molecule has 1 amide bonds. The molecular formula is C33H51N3O4. The molecule has 1 aliphatic heterocycles. The maximum atomic E-state index is 12.8. The Bertz CT molecular complexity index is 955. The van der Waals surface area contributed by atoms with Crippen molar-refractivity contribution in [1.82, 2.24) is 9.80 Å². The highest BCUT2D eigenvalue weighted by Crippen LogP contribution is 2.30. The molecular weight excluding hydrogens is 502 g/mol. The van der Waals surface area contributed by atoms with Gasteiger partial charge in [0.15, 0.2) is 0 Å². The number of carbonyl (C=O) groups is 1. The lowest BCUT2D eigenvalue weighted by atomic mass is 9.93. The fourth-order valence-electron chi connectivity index (χ4n) is 5.33. The second-order valence-corrected chi connectivity index (χ2v) is 11.2. The molecule has 7 heteroatoms. The van der Waals surface area contributed by atoms with Gasteiger partial charge >= 0.3 is 6.09 Å². The van der Waals surface area contributed by atoms with E-state index >= 15 is 0 Å². The van der Waals surface area contributed by atoms with Crippen LogP contribution in [-0.2, 0) is 14.2 Å². The summed E-state index contributed by atoms with van der Waals surface area (Å²) >= 11 is 0. The Morgan fingerprint density at radius 1 is 0.825 bits per heavy atom. The van der Waals surface area contributed by atoms with Gasteiger partial charge in [-0.2, -0.15) is 0 Å². The second-order valence-electron chi connectivity index (χ2n) is 11.2. The van der Waals surface area contributed by atoms with E-state index < -0.39 is 5.60 Å². The Morgan fingerprint density at radius 2 is 1.43 bits per heavy atom. The van der Waals surface area contributed by atoms with E-state index in [1.807, 2.05) is 54.6 Å². The number of hydrogen-bond donors (Lipinski definition) is 1. The predicted octanol–water partition coefficient (Wildman–Crippen LogP) is 6.69. The molecule has 2 aromatic carbocycles. The lowest BCUT2D eigenvalue weighted by Gasteiger charge is -2.38. The summed E-state index contributed by atoms with van der Waals surface area (Å²) in [4.78, 5) is 17.8. The third-order valence-corrected chi connectivity index (χ3v) is 7.92. The number of anilines is 1. The van der Waals surface area contributed by atoms with Crippen molar-refractivity contribution < 1.29 is 19.0 Å². The summed E-state index contributed by atoms with van der Waals surface area (Å²) < 4.78 is 16.4. The van der Waals surface area contributed by atoms with Crippen LogP contribution < -0.4 is 5.32 Å². The molecule has 1 saturated heterocycles. The van der Waals surface area contributed by atoms with Crippen LogP contribution in [0.4, 0.5) is 10.5 Å². The lowest BCUT2D eigenvalue weighted by molar-refractivity contribution is -0.0163. The molecule has 3 rings (SSSR count). The quantitative estimate of drug-likeness (QED) is 0.208. The number of ether oxygens (including phenoxy) is 3. The highest BCUT2D eigenvalue weighted by atomic mass is 16.6. The average molecular weight is 554 g/mol. The van der Waals surface area contributed by atoms with Gasteiger partial charge < -0.3 is 19.1 Å². The second kappa shape index (κ2) is 18.1. The first kappa shape index (κ1) is 32.1. The van der Waals surface area contributed by atoms with E-state index in [1.165, 1.54) is 38.5 Å². The van der Waals surface area contributed by atoms with Crippen molar-refractivity contribution in [2.75, 3.05) is 72.0 Å². The minimum atomic E-state index is -0.428. The van der Waals surface area contributed by atoms with Crippen molar-refractivity contribution in [3.8, 4) is 11.1 Å². The van der Waals surface area contributed by atoms with Gasteiger partial charge in [0.05, 0.1) is 18.9 Å². The number of nitrogens with one attached hydrogen (secondary N) is 1. The minimum Gasteiger partial charge on any atom is -0.443 e. The number of piperidine rings is 1. The zero-order valence-electron chi connectivity index (χ0n) is 25.0. The van der Waals surface area contributed by atoms with Crippen molar-refractivity contribution >= 4 is 11.8 Å². The van der Waals surface area contributed by atoms with E-state index in [0.717, 1.165) is 82.1 Å². The summed E-state index contributed by atoms with van der Waals surface area (Å²) in [7, 11) is 3.52. The van der Waals surface area contributed by atoms with E-state index in [-0.39, 0.29) is 6.09 Å². The first-order chi connectivity index (χ1) is 19.5. The number of amides is 1. The third-order valence-electron chi connectivity index (χ3n) is 7.92. The number of rotatable bonds is 18. The Kier molecular flexibility index (Phi) is 14.5. The van der Waals surface area contributed by atoms with Crippen LogP contribution in [0.15, 0.2) is 54.6 Å². The van der Waals surface area contributed by atoms with Crippen LogP contribution in [0, 0.1) is 0 Å². The monoisotopic (exact) mass is 553 g/mol. The summed E-state index contributed by atoms with van der Waals surface area (Å²) in [5.74, 6) is 0. The molecule has 1 heterocycles. The first-order valence-corrected chi connectivity index (χ1v) is 15.1. The van der Waals surface area contributed by atoms with E-state index in [0.29, 0.717) is 0 Å². The molecule has 1 N–H and O–H groups in total. The minimum absolute atomic E-state index is 0.375. The van der Waals surface area contributed by atoms with Gasteiger partial charge in [0.1, 0.15) is 5.60 Å². The van der Waals surface area contributed by atoms with Gasteiger partial charge in [0, 0.05) is 46.0 Å². The number of methoxy groups -OCH3 is 2. The number of para-hydroxylation sites is 1. The van der Waals surface area contributed by atoms with Crippen molar-refractivity contribution in [1.29, 1.82) is 0 Å². The largest absolute Gasteiger partial charge is 0.443 e. The van der Waals surface area contributed by atoms with Crippen molar-refractivity contribution in [3.63, 3.8) is 0 Å². The zero-order valence-corrected chi connectivity index (χ0v) is 25.0. The molecule has 40 heavy (non-hydrogen) atoms. The Balaban J connectivity index is 1.28. The molecule has 0 aromatic heterocycles. The standard InChI is InChI=1S/C33H51N3O4/c1-33(40-32(37)34-31-18-12-11-17-30(31)29-15-9-8-10-16-29)19-23-35(24-20-33)21-13-6-4-5-7-14-22-36(25-27-38-2)26-28-39-3/h8-12,15-18H,4-7,13-14,19-28H2,1-3H3,(H,34,37). The van der Waals surface area contributed by atoms with Crippen LogP contribution in [0.2, 0.25) is 0 Å². The third kappa shape index (κ3) is 11.6. The maximum Gasteiger partial charge on any atom is 0.412 e. The fourth-order valence-corrected chi connectivity index (χ4v) is 5.33. The molecule has 2 aromatic rings. The van der Waals surface area contributed by atoms with E-state index in [4.69, 9.17) is 14.2 Å². The average Bonchev–Trinajstić information content (AvgIpc) is 2.97. The fraction of sp³-hybridized carbons (Fsp3) is 0.606. The van der Waals surface area contributed by atoms with Gasteiger partial charge in [-0.3, -0.25) is 10.2 Å². The molecule has 222 valence electrons.